The molecule has 1 aliphatic rings. The molecule has 1 heterocycles. The summed E-state index contributed by atoms with van der Waals surface area (Å²) in [4.78, 5) is 25.4. The van der Waals surface area contributed by atoms with E-state index in [-0.39, 0.29) is 18.6 Å². The standard InChI is InChI=1S/C22H27N3O3/c1-14(26)25-18-12-16(28-13-19(23)27)10-11-17(18)22(4,20(24)21(25,2)3)15-8-6-5-7-9-15/h5-12,20H,13,24H2,1-4H3,(H2,23,27). The zero-order valence-corrected chi connectivity index (χ0v) is 16.7. The third kappa shape index (κ3) is 3.03. The summed E-state index contributed by atoms with van der Waals surface area (Å²) in [6.45, 7) is 7.35. The molecule has 0 aromatic heterocycles. The molecule has 2 amide bonds. The summed E-state index contributed by atoms with van der Waals surface area (Å²) < 4.78 is 5.49. The molecule has 4 N–H and O–H groups in total. The lowest BCUT2D eigenvalue weighted by atomic mass is 9.62. The first-order valence-electron chi connectivity index (χ1n) is 9.27. The topological polar surface area (TPSA) is 98.6 Å². The molecule has 2 aromatic rings. The predicted octanol–water partition coefficient (Wildman–Crippen LogP) is 2.33. The maximum absolute atomic E-state index is 12.6. The van der Waals surface area contributed by atoms with Crippen molar-refractivity contribution in [2.45, 2.75) is 44.7 Å². The van der Waals surface area contributed by atoms with Gasteiger partial charge in [-0.3, -0.25) is 9.59 Å². The first-order chi connectivity index (χ1) is 13.1. The molecular weight excluding hydrogens is 354 g/mol. The first-order valence-corrected chi connectivity index (χ1v) is 9.27. The van der Waals surface area contributed by atoms with Crippen LogP contribution in [0, 0.1) is 0 Å². The van der Waals surface area contributed by atoms with Gasteiger partial charge in [0.2, 0.25) is 5.91 Å². The Labute approximate surface area is 165 Å². The van der Waals surface area contributed by atoms with Crippen LogP contribution in [0.1, 0.15) is 38.8 Å². The number of rotatable bonds is 4. The number of hydrogen-bond acceptors (Lipinski definition) is 4. The van der Waals surface area contributed by atoms with Crippen LogP contribution in [0.25, 0.3) is 0 Å². The maximum Gasteiger partial charge on any atom is 0.255 e. The van der Waals surface area contributed by atoms with E-state index in [4.69, 9.17) is 16.2 Å². The fourth-order valence-corrected chi connectivity index (χ4v) is 4.40. The number of amides is 2. The van der Waals surface area contributed by atoms with Gasteiger partial charge in [0.15, 0.2) is 6.61 Å². The number of nitrogens with two attached hydrogens (primary N) is 2. The number of ether oxygens (including phenoxy) is 1. The molecule has 2 unspecified atom stereocenters. The number of benzene rings is 2. The summed E-state index contributed by atoms with van der Waals surface area (Å²) in [6, 6.07) is 15.2. The first kappa shape index (κ1) is 19.9. The molecule has 28 heavy (non-hydrogen) atoms. The Balaban J connectivity index is 2.25. The monoisotopic (exact) mass is 381 g/mol. The highest BCUT2D eigenvalue weighted by Gasteiger charge is 2.53. The molecule has 0 bridgehead atoms. The van der Waals surface area contributed by atoms with Gasteiger partial charge in [-0.25, -0.2) is 0 Å². The van der Waals surface area contributed by atoms with Crippen molar-refractivity contribution < 1.29 is 14.3 Å². The van der Waals surface area contributed by atoms with Gasteiger partial charge in [0.25, 0.3) is 5.91 Å². The molecule has 6 nitrogen and oxygen atoms in total. The van der Waals surface area contributed by atoms with Gasteiger partial charge in [-0.1, -0.05) is 36.4 Å². The zero-order valence-electron chi connectivity index (χ0n) is 16.7. The van der Waals surface area contributed by atoms with E-state index in [0.717, 1.165) is 16.8 Å². The predicted molar refractivity (Wildman–Crippen MR) is 109 cm³/mol. The van der Waals surface area contributed by atoms with Gasteiger partial charge in [0.1, 0.15) is 5.75 Å². The van der Waals surface area contributed by atoms with E-state index in [1.54, 1.807) is 17.0 Å². The molecule has 0 aliphatic carbocycles. The van der Waals surface area contributed by atoms with Crippen molar-refractivity contribution in [1.82, 2.24) is 0 Å². The van der Waals surface area contributed by atoms with Crippen LogP contribution in [-0.4, -0.2) is 30.0 Å². The summed E-state index contributed by atoms with van der Waals surface area (Å²) in [5.41, 5.74) is 13.6. The minimum Gasteiger partial charge on any atom is -0.484 e. The van der Waals surface area contributed by atoms with Crippen molar-refractivity contribution in [3.8, 4) is 5.75 Å². The normalized spacial score (nSPS) is 23.0. The molecule has 0 radical (unpaired) electrons. The molecule has 148 valence electrons. The molecular formula is C22H27N3O3. The fourth-order valence-electron chi connectivity index (χ4n) is 4.40. The molecule has 0 fully saturated rings. The highest BCUT2D eigenvalue weighted by molar-refractivity contribution is 5.96. The van der Waals surface area contributed by atoms with E-state index in [9.17, 15) is 9.59 Å². The lowest BCUT2D eigenvalue weighted by Crippen LogP contribution is -2.68. The summed E-state index contributed by atoms with van der Waals surface area (Å²) in [6.07, 6.45) is 0. The summed E-state index contributed by atoms with van der Waals surface area (Å²) in [5, 5.41) is 0. The van der Waals surface area contributed by atoms with E-state index >= 15 is 0 Å². The number of nitrogens with zero attached hydrogens (tertiary/aromatic N) is 1. The van der Waals surface area contributed by atoms with E-state index in [2.05, 4.69) is 19.1 Å². The lowest BCUT2D eigenvalue weighted by molar-refractivity contribution is -0.120. The smallest absolute Gasteiger partial charge is 0.255 e. The summed E-state index contributed by atoms with van der Waals surface area (Å²) in [5.74, 6) is -0.188. The second-order valence-corrected chi connectivity index (χ2v) is 7.99. The van der Waals surface area contributed by atoms with Crippen molar-refractivity contribution in [3.05, 3.63) is 59.7 Å². The number of hydrogen-bond donors (Lipinski definition) is 2. The van der Waals surface area contributed by atoms with Crippen LogP contribution in [0.15, 0.2) is 48.5 Å². The molecule has 0 saturated carbocycles. The van der Waals surface area contributed by atoms with Gasteiger partial charge >= 0.3 is 0 Å². The van der Waals surface area contributed by atoms with E-state index in [1.807, 2.05) is 38.1 Å². The van der Waals surface area contributed by atoms with Gasteiger partial charge in [-0.05, 0) is 38.0 Å². The van der Waals surface area contributed by atoms with Gasteiger partial charge in [-0.15, -0.1) is 0 Å². The Morgan fingerprint density at radius 1 is 1.11 bits per heavy atom. The van der Waals surface area contributed by atoms with E-state index in [0.29, 0.717) is 5.75 Å². The zero-order chi connectivity index (χ0) is 20.7. The van der Waals surface area contributed by atoms with Crippen molar-refractivity contribution in [1.29, 1.82) is 0 Å². The van der Waals surface area contributed by atoms with Crippen LogP contribution in [0.2, 0.25) is 0 Å². The van der Waals surface area contributed by atoms with Crippen LogP contribution in [0.4, 0.5) is 5.69 Å². The average molecular weight is 381 g/mol. The van der Waals surface area contributed by atoms with Gasteiger partial charge in [0, 0.05) is 24.4 Å². The molecule has 6 heteroatoms. The Bertz CT molecular complexity index is 910. The SMILES string of the molecule is CC(=O)N1c2cc(OCC(N)=O)ccc2C(C)(c2ccccc2)C(N)C1(C)C. The quantitative estimate of drug-likeness (QED) is 0.849. The summed E-state index contributed by atoms with van der Waals surface area (Å²) >= 11 is 0. The number of anilines is 1. The number of primary amides is 1. The second kappa shape index (κ2) is 6.95. The van der Waals surface area contributed by atoms with Gasteiger partial charge in [0.05, 0.1) is 11.2 Å². The average Bonchev–Trinajstić information content (AvgIpc) is 2.64. The minimum atomic E-state index is -0.647. The molecule has 2 atom stereocenters. The number of carbonyl (C=O) groups is 2. The van der Waals surface area contributed by atoms with Gasteiger partial charge < -0.3 is 21.1 Å². The molecule has 1 aliphatic heterocycles. The fraction of sp³-hybridized carbons (Fsp3) is 0.364. The van der Waals surface area contributed by atoms with Crippen LogP contribution >= 0.6 is 0 Å². The third-order valence-corrected chi connectivity index (χ3v) is 5.80. The highest BCUT2D eigenvalue weighted by Crippen LogP contribution is 2.50. The van der Waals surface area contributed by atoms with Crippen molar-refractivity contribution in [2.75, 3.05) is 11.5 Å². The number of carbonyl (C=O) groups excluding carboxylic acids is 2. The van der Waals surface area contributed by atoms with Crippen molar-refractivity contribution in [2.24, 2.45) is 11.5 Å². The van der Waals surface area contributed by atoms with E-state index < -0.39 is 16.9 Å². The molecule has 2 aromatic carbocycles. The molecule has 3 rings (SSSR count). The Kier molecular flexibility index (Phi) is 4.93. The van der Waals surface area contributed by atoms with Crippen molar-refractivity contribution in [3.63, 3.8) is 0 Å². The van der Waals surface area contributed by atoms with Crippen LogP contribution in [-0.2, 0) is 15.0 Å². The molecule has 0 spiro atoms. The third-order valence-electron chi connectivity index (χ3n) is 5.80. The second-order valence-electron chi connectivity index (χ2n) is 7.99. The largest absolute Gasteiger partial charge is 0.484 e. The van der Waals surface area contributed by atoms with Crippen LogP contribution in [0.5, 0.6) is 5.75 Å². The van der Waals surface area contributed by atoms with Crippen LogP contribution in [0.3, 0.4) is 0 Å². The maximum atomic E-state index is 12.6. The molecule has 0 saturated heterocycles. The van der Waals surface area contributed by atoms with E-state index in [1.165, 1.54) is 6.92 Å². The van der Waals surface area contributed by atoms with Crippen LogP contribution < -0.4 is 21.1 Å². The Morgan fingerprint density at radius 3 is 2.32 bits per heavy atom. The minimum absolute atomic E-state index is 0.108. The highest BCUT2D eigenvalue weighted by atomic mass is 16.5. The summed E-state index contributed by atoms with van der Waals surface area (Å²) in [7, 11) is 0. The number of fused-ring (bicyclic) bond motifs is 1. The Hall–Kier alpha value is -2.86. The van der Waals surface area contributed by atoms with Gasteiger partial charge in [-0.2, -0.15) is 0 Å². The lowest BCUT2D eigenvalue weighted by Gasteiger charge is -2.55. The Morgan fingerprint density at radius 2 is 1.75 bits per heavy atom. The van der Waals surface area contributed by atoms with Crippen molar-refractivity contribution >= 4 is 17.5 Å².